The predicted octanol–water partition coefficient (Wildman–Crippen LogP) is 3.99. The fourth-order valence-corrected chi connectivity index (χ4v) is 4.19. The van der Waals surface area contributed by atoms with E-state index in [1.54, 1.807) is 0 Å². The number of ether oxygens (including phenoxy) is 5. The van der Waals surface area contributed by atoms with Crippen LogP contribution in [-0.2, 0) is 36.9 Å². The maximum absolute atomic E-state index is 11.2. The number of aliphatic hydroxyl groups excluding tert-OH is 1. The van der Waals surface area contributed by atoms with Crippen molar-refractivity contribution < 1.29 is 28.8 Å². The van der Waals surface area contributed by atoms with Crippen LogP contribution in [-0.4, -0.2) is 42.4 Å². The molecular weight excluding hydrogens is 420 g/mol. The average Bonchev–Trinajstić information content (AvgIpc) is 2.88. The highest BCUT2D eigenvalue weighted by Crippen LogP contribution is 2.36. The molecule has 1 unspecified atom stereocenters. The summed E-state index contributed by atoms with van der Waals surface area (Å²) in [5, 5.41) is 11.2. The van der Waals surface area contributed by atoms with E-state index in [2.05, 4.69) is 0 Å². The molecule has 2 saturated heterocycles. The van der Waals surface area contributed by atoms with Crippen molar-refractivity contribution in [3.63, 3.8) is 0 Å². The number of benzene rings is 3. The van der Waals surface area contributed by atoms with Crippen LogP contribution >= 0.6 is 0 Å². The van der Waals surface area contributed by atoms with E-state index in [-0.39, 0.29) is 0 Å². The van der Waals surface area contributed by atoms with Crippen LogP contribution < -0.4 is 0 Å². The monoisotopic (exact) mass is 448 g/mol. The molecule has 0 saturated carbocycles. The third-order valence-electron chi connectivity index (χ3n) is 5.92. The van der Waals surface area contributed by atoms with Gasteiger partial charge < -0.3 is 28.8 Å². The molecule has 2 aliphatic heterocycles. The second-order valence-electron chi connectivity index (χ2n) is 8.27. The third-order valence-corrected chi connectivity index (χ3v) is 5.92. The Morgan fingerprint density at radius 1 is 0.727 bits per heavy atom. The predicted molar refractivity (Wildman–Crippen MR) is 121 cm³/mol. The number of hydrogen-bond acceptors (Lipinski definition) is 6. The summed E-state index contributed by atoms with van der Waals surface area (Å²) in [4.78, 5) is 0. The van der Waals surface area contributed by atoms with Crippen LogP contribution in [0.3, 0.4) is 0 Å². The molecule has 0 bridgehead atoms. The SMILES string of the molecule is O[C@@H]1[C@H](OCc2ccccc2)O[C@@H]2COC(c3ccccc3)O[C@H]2[C@@H]1OCc1ccccc1. The second kappa shape index (κ2) is 10.6. The molecule has 6 heteroatoms. The zero-order valence-corrected chi connectivity index (χ0v) is 18.2. The van der Waals surface area contributed by atoms with Crippen molar-refractivity contribution in [2.75, 3.05) is 6.61 Å². The third kappa shape index (κ3) is 5.33. The summed E-state index contributed by atoms with van der Waals surface area (Å²) < 4.78 is 30.5. The molecule has 1 N–H and O–H groups in total. The summed E-state index contributed by atoms with van der Waals surface area (Å²) in [5.41, 5.74) is 2.92. The molecule has 172 valence electrons. The highest BCUT2D eigenvalue weighted by molar-refractivity contribution is 5.17. The fourth-order valence-electron chi connectivity index (χ4n) is 4.19. The maximum Gasteiger partial charge on any atom is 0.187 e. The quantitative estimate of drug-likeness (QED) is 0.590. The number of fused-ring (bicyclic) bond motifs is 1. The fraction of sp³-hybridized carbons (Fsp3) is 0.333. The lowest BCUT2D eigenvalue weighted by Crippen LogP contribution is -2.62. The van der Waals surface area contributed by atoms with E-state index in [4.69, 9.17) is 23.7 Å². The van der Waals surface area contributed by atoms with E-state index >= 15 is 0 Å². The van der Waals surface area contributed by atoms with Crippen molar-refractivity contribution in [2.24, 2.45) is 0 Å². The van der Waals surface area contributed by atoms with Crippen LogP contribution in [0, 0.1) is 0 Å². The Morgan fingerprint density at radius 2 is 1.30 bits per heavy atom. The molecule has 2 heterocycles. The van der Waals surface area contributed by atoms with Gasteiger partial charge in [0, 0.05) is 5.56 Å². The summed E-state index contributed by atoms with van der Waals surface area (Å²) in [7, 11) is 0. The summed E-state index contributed by atoms with van der Waals surface area (Å²) >= 11 is 0. The Kier molecular flexibility index (Phi) is 7.12. The number of aliphatic hydroxyl groups is 1. The van der Waals surface area contributed by atoms with Crippen molar-refractivity contribution >= 4 is 0 Å². The van der Waals surface area contributed by atoms with E-state index in [1.165, 1.54) is 0 Å². The molecule has 6 atom stereocenters. The van der Waals surface area contributed by atoms with Gasteiger partial charge in [0.2, 0.25) is 0 Å². The first-order chi connectivity index (χ1) is 16.3. The summed E-state index contributed by atoms with van der Waals surface area (Å²) in [6, 6.07) is 29.4. The van der Waals surface area contributed by atoms with Gasteiger partial charge in [0.05, 0.1) is 19.8 Å². The first kappa shape index (κ1) is 22.2. The topological polar surface area (TPSA) is 66.4 Å². The van der Waals surface area contributed by atoms with E-state index in [0.717, 1.165) is 16.7 Å². The summed E-state index contributed by atoms with van der Waals surface area (Å²) in [6.07, 6.45) is -3.98. The van der Waals surface area contributed by atoms with Gasteiger partial charge in [0.1, 0.15) is 24.4 Å². The van der Waals surface area contributed by atoms with E-state index in [9.17, 15) is 5.11 Å². The largest absolute Gasteiger partial charge is 0.385 e. The number of rotatable bonds is 7. The lowest BCUT2D eigenvalue weighted by Gasteiger charge is -2.47. The molecule has 33 heavy (non-hydrogen) atoms. The van der Waals surface area contributed by atoms with E-state index in [1.807, 2.05) is 91.0 Å². The van der Waals surface area contributed by atoms with Crippen LogP contribution in [0.2, 0.25) is 0 Å². The maximum atomic E-state index is 11.2. The Hall–Kier alpha value is -2.58. The Morgan fingerprint density at radius 3 is 1.94 bits per heavy atom. The van der Waals surface area contributed by atoms with Crippen LogP contribution in [0.15, 0.2) is 91.0 Å². The van der Waals surface area contributed by atoms with Gasteiger partial charge in [-0.15, -0.1) is 0 Å². The first-order valence-corrected chi connectivity index (χ1v) is 11.2. The van der Waals surface area contributed by atoms with Crippen LogP contribution in [0.4, 0.5) is 0 Å². The number of hydrogen-bond donors (Lipinski definition) is 1. The van der Waals surface area contributed by atoms with Crippen molar-refractivity contribution in [3.8, 4) is 0 Å². The molecule has 0 aliphatic carbocycles. The normalized spacial score (nSPS) is 29.4. The molecule has 2 aliphatic rings. The van der Waals surface area contributed by atoms with Crippen LogP contribution in [0.5, 0.6) is 0 Å². The summed E-state index contributed by atoms with van der Waals surface area (Å²) in [5.74, 6) is 0. The highest BCUT2D eigenvalue weighted by Gasteiger charge is 2.50. The van der Waals surface area contributed by atoms with Crippen molar-refractivity contribution in [3.05, 3.63) is 108 Å². The molecule has 0 spiro atoms. The Labute approximate surface area is 193 Å². The zero-order chi connectivity index (χ0) is 22.5. The molecule has 0 radical (unpaired) electrons. The smallest absolute Gasteiger partial charge is 0.187 e. The molecule has 3 aromatic carbocycles. The second-order valence-corrected chi connectivity index (χ2v) is 8.27. The lowest BCUT2D eigenvalue weighted by atomic mass is 9.97. The first-order valence-electron chi connectivity index (χ1n) is 11.2. The molecule has 2 fully saturated rings. The Balaban J connectivity index is 1.32. The molecule has 0 aromatic heterocycles. The van der Waals surface area contributed by atoms with Crippen LogP contribution in [0.1, 0.15) is 23.0 Å². The van der Waals surface area contributed by atoms with Gasteiger partial charge in [-0.2, -0.15) is 0 Å². The van der Waals surface area contributed by atoms with E-state index in [0.29, 0.717) is 19.8 Å². The summed E-state index contributed by atoms with van der Waals surface area (Å²) in [6.45, 7) is 0.977. The Bertz CT molecular complexity index is 983. The average molecular weight is 449 g/mol. The van der Waals surface area contributed by atoms with Crippen molar-refractivity contribution in [1.29, 1.82) is 0 Å². The van der Waals surface area contributed by atoms with Gasteiger partial charge in [0.15, 0.2) is 12.6 Å². The van der Waals surface area contributed by atoms with E-state index < -0.39 is 37.0 Å². The standard InChI is InChI=1S/C27H28O6/c28-23-25(29-16-19-10-4-1-5-11-19)24-22(18-31-26(33-24)21-14-8-3-9-15-21)32-27(23)30-17-20-12-6-2-7-13-20/h1-15,22-28H,16-18H2/t22-,23+,24-,25-,26?,27-/m1/s1. The van der Waals surface area contributed by atoms with Gasteiger partial charge in [-0.1, -0.05) is 91.0 Å². The molecule has 0 amide bonds. The van der Waals surface area contributed by atoms with Gasteiger partial charge in [-0.25, -0.2) is 0 Å². The van der Waals surface area contributed by atoms with Crippen molar-refractivity contribution in [2.45, 2.75) is 50.2 Å². The van der Waals surface area contributed by atoms with Gasteiger partial charge in [-0.3, -0.25) is 0 Å². The lowest BCUT2D eigenvalue weighted by molar-refractivity contribution is -0.368. The highest BCUT2D eigenvalue weighted by atomic mass is 16.8. The van der Waals surface area contributed by atoms with Crippen molar-refractivity contribution in [1.82, 2.24) is 0 Å². The minimum absolute atomic E-state index is 0.313. The van der Waals surface area contributed by atoms with Crippen LogP contribution in [0.25, 0.3) is 0 Å². The minimum atomic E-state index is -1.02. The minimum Gasteiger partial charge on any atom is -0.385 e. The van der Waals surface area contributed by atoms with Gasteiger partial charge in [-0.05, 0) is 11.1 Å². The molecule has 6 nitrogen and oxygen atoms in total. The molecule has 3 aromatic rings. The zero-order valence-electron chi connectivity index (χ0n) is 18.2. The van der Waals surface area contributed by atoms with Gasteiger partial charge >= 0.3 is 0 Å². The molecular formula is C27H28O6. The molecule has 5 rings (SSSR count). The van der Waals surface area contributed by atoms with Gasteiger partial charge in [0.25, 0.3) is 0 Å².